The van der Waals surface area contributed by atoms with E-state index >= 15 is 0 Å². The first kappa shape index (κ1) is 22.8. The van der Waals surface area contributed by atoms with Crippen LogP contribution in [0.4, 0.5) is 5.69 Å². The van der Waals surface area contributed by atoms with Crippen LogP contribution in [0, 0.1) is 13.8 Å². The van der Waals surface area contributed by atoms with Crippen molar-refractivity contribution in [2.75, 3.05) is 26.1 Å². The number of aromatic amines is 1. The lowest BCUT2D eigenvalue weighted by Gasteiger charge is -2.15. The summed E-state index contributed by atoms with van der Waals surface area (Å²) in [6.45, 7) is 6.63. The third-order valence-corrected chi connectivity index (χ3v) is 4.43. The van der Waals surface area contributed by atoms with Gasteiger partial charge in [-0.3, -0.25) is 4.79 Å². The van der Waals surface area contributed by atoms with Crippen molar-refractivity contribution in [2.45, 2.75) is 33.8 Å². The van der Waals surface area contributed by atoms with Crippen LogP contribution in [0.15, 0.2) is 18.2 Å². The summed E-state index contributed by atoms with van der Waals surface area (Å²) in [7, 11) is 2.99. The molecule has 0 aliphatic carbocycles. The van der Waals surface area contributed by atoms with Crippen molar-refractivity contribution in [1.29, 1.82) is 0 Å². The van der Waals surface area contributed by atoms with Crippen LogP contribution in [0.3, 0.4) is 0 Å². The molecule has 0 saturated carbocycles. The molecule has 0 saturated heterocycles. The van der Waals surface area contributed by atoms with Gasteiger partial charge in [0, 0.05) is 17.4 Å². The van der Waals surface area contributed by atoms with Gasteiger partial charge in [0.1, 0.15) is 5.69 Å². The second-order valence-electron chi connectivity index (χ2n) is 6.45. The summed E-state index contributed by atoms with van der Waals surface area (Å²) in [6, 6.07) is 4.88. The van der Waals surface area contributed by atoms with Crippen LogP contribution in [-0.2, 0) is 14.3 Å². The number of hydrogen-bond acceptors (Lipinski definition) is 7. The van der Waals surface area contributed by atoms with E-state index < -0.39 is 23.9 Å². The average Bonchev–Trinajstić information content (AvgIpc) is 3.02. The van der Waals surface area contributed by atoms with Crippen molar-refractivity contribution < 1.29 is 33.3 Å². The number of rotatable bonds is 8. The maximum absolute atomic E-state index is 12.5. The minimum atomic E-state index is -1.08. The molecule has 1 heterocycles. The molecule has 30 heavy (non-hydrogen) atoms. The molecule has 9 heteroatoms. The van der Waals surface area contributed by atoms with E-state index in [1.807, 2.05) is 0 Å². The first-order valence-corrected chi connectivity index (χ1v) is 9.33. The fourth-order valence-corrected chi connectivity index (χ4v) is 2.89. The third-order valence-electron chi connectivity index (χ3n) is 4.43. The number of nitrogens with one attached hydrogen (secondary N) is 2. The second-order valence-corrected chi connectivity index (χ2v) is 6.45. The van der Waals surface area contributed by atoms with Gasteiger partial charge in [0.05, 0.1) is 26.4 Å². The summed E-state index contributed by atoms with van der Waals surface area (Å²) in [5, 5.41) is 2.65. The van der Waals surface area contributed by atoms with E-state index in [0.29, 0.717) is 28.4 Å². The Morgan fingerprint density at radius 1 is 1.07 bits per heavy atom. The average molecular weight is 418 g/mol. The van der Waals surface area contributed by atoms with Crippen LogP contribution >= 0.6 is 0 Å². The van der Waals surface area contributed by atoms with E-state index in [1.165, 1.54) is 21.1 Å². The lowest BCUT2D eigenvalue weighted by Crippen LogP contribution is -2.30. The molecular weight excluding hydrogens is 392 g/mol. The first-order chi connectivity index (χ1) is 14.2. The van der Waals surface area contributed by atoms with Gasteiger partial charge in [-0.1, -0.05) is 0 Å². The predicted octanol–water partition coefficient (Wildman–Crippen LogP) is 3.01. The Bertz CT molecular complexity index is 949. The summed E-state index contributed by atoms with van der Waals surface area (Å²) in [5.74, 6) is -0.834. The quantitative estimate of drug-likeness (QED) is 0.633. The van der Waals surface area contributed by atoms with Gasteiger partial charge in [-0.2, -0.15) is 0 Å². The van der Waals surface area contributed by atoms with Crippen molar-refractivity contribution >= 4 is 23.5 Å². The number of carbonyl (C=O) groups is 3. The predicted molar refractivity (Wildman–Crippen MR) is 109 cm³/mol. The molecule has 0 radical (unpaired) electrons. The van der Waals surface area contributed by atoms with Crippen molar-refractivity contribution in [1.82, 2.24) is 4.98 Å². The van der Waals surface area contributed by atoms with Crippen LogP contribution < -0.4 is 14.8 Å². The van der Waals surface area contributed by atoms with Gasteiger partial charge in [0.2, 0.25) is 0 Å². The molecule has 1 aromatic carbocycles. The number of ether oxygens (including phenoxy) is 4. The number of anilines is 1. The molecule has 0 aliphatic rings. The number of aromatic nitrogens is 1. The fourth-order valence-electron chi connectivity index (χ4n) is 2.89. The molecule has 0 aliphatic heterocycles. The van der Waals surface area contributed by atoms with E-state index in [9.17, 15) is 14.4 Å². The van der Waals surface area contributed by atoms with Gasteiger partial charge in [-0.15, -0.1) is 0 Å². The Morgan fingerprint density at radius 3 is 2.33 bits per heavy atom. The Hall–Kier alpha value is -3.49. The normalized spacial score (nSPS) is 11.4. The molecule has 0 bridgehead atoms. The number of methoxy groups -OCH3 is 2. The maximum Gasteiger partial charge on any atom is 0.355 e. The SMILES string of the molecule is CCOC(=O)c1c(C)[nH]c(C(=O)O[C@@H](C)C(=O)Nc2ccc(OC)c(OC)c2)c1C. The van der Waals surface area contributed by atoms with Gasteiger partial charge >= 0.3 is 11.9 Å². The second kappa shape index (κ2) is 9.82. The Labute approximate surface area is 174 Å². The molecule has 2 aromatic rings. The molecule has 0 spiro atoms. The maximum atomic E-state index is 12.5. The zero-order chi connectivity index (χ0) is 22.4. The van der Waals surface area contributed by atoms with Gasteiger partial charge < -0.3 is 29.2 Å². The molecule has 2 N–H and O–H groups in total. The van der Waals surface area contributed by atoms with E-state index in [-0.39, 0.29) is 17.9 Å². The van der Waals surface area contributed by atoms with E-state index in [4.69, 9.17) is 18.9 Å². The number of H-pyrrole nitrogens is 1. The Morgan fingerprint density at radius 2 is 1.73 bits per heavy atom. The van der Waals surface area contributed by atoms with E-state index in [2.05, 4.69) is 10.3 Å². The summed E-state index contributed by atoms with van der Waals surface area (Å²) in [4.78, 5) is 39.9. The largest absolute Gasteiger partial charge is 0.493 e. The zero-order valence-corrected chi connectivity index (χ0v) is 17.9. The Kier molecular flexibility index (Phi) is 7.46. The van der Waals surface area contributed by atoms with Gasteiger partial charge in [-0.05, 0) is 45.4 Å². The van der Waals surface area contributed by atoms with Crippen LogP contribution in [0.1, 0.15) is 46.0 Å². The number of aryl methyl sites for hydroxylation is 1. The first-order valence-electron chi connectivity index (χ1n) is 9.33. The smallest absolute Gasteiger partial charge is 0.355 e. The van der Waals surface area contributed by atoms with Crippen molar-refractivity contribution in [3.8, 4) is 11.5 Å². The molecule has 1 amide bonds. The van der Waals surface area contributed by atoms with Crippen molar-refractivity contribution in [3.05, 3.63) is 40.7 Å². The molecule has 2 rings (SSSR count). The highest BCUT2D eigenvalue weighted by Crippen LogP contribution is 2.29. The molecule has 1 aromatic heterocycles. The van der Waals surface area contributed by atoms with Gasteiger partial charge in [0.15, 0.2) is 17.6 Å². The zero-order valence-electron chi connectivity index (χ0n) is 17.9. The van der Waals surface area contributed by atoms with Crippen molar-refractivity contribution in [2.24, 2.45) is 0 Å². The van der Waals surface area contributed by atoms with E-state index in [1.54, 1.807) is 39.0 Å². The fraction of sp³-hybridized carbons (Fsp3) is 0.381. The van der Waals surface area contributed by atoms with Crippen LogP contribution in [0.2, 0.25) is 0 Å². The highest BCUT2D eigenvalue weighted by molar-refractivity contribution is 6.00. The lowest BCUT2D eigenvalue weighted by molar-refractivity contribution is -0.123. The molecule has 1 atom stereocenters. The minimum Gasteiger partial charge on any atom is -0.493 e. The van der Waals surface area contributed by atoms with Gasteiger partial charge in [0.25, 0.3) is 5.91 Å². The summed E-state index contributed by atoms with van der Waals surface area (Å²) < 4.78 is 20.6. The topological polar surface area (TPSA) is 116 Å². The van der Waals surface area contributed by atoms with Crippen LogP contribution in [0.5, 0.6) is 11.5 Å². The van der Waals surface area contributed by atoms with E-state index in [0.717, 1.165) is 0 Å². The molecular formula is C21H26N2O7. The third kappa shape index (κ3) is 4.91. The highest BCUT2D eigenvalue weighted by atomic mass is 16.5. The molecule has 0 unspecified atom stereocenters. The summed E-state index contributed by atoms with van der Waals surface area (Å²) in [6.07, 6.45) is -1.08. The summed E-state index contributed by atoms with van der Waals surface area (Å²) >= 11 is 0. The van der Waals surface area contributed by atoms with Crippen LogP contribution in [0.25, 0.3) is 0 Å². The molecule has 162 valence electrons. The number of carbonyl (C=O) groups excluding carboxylic acids is 3. The Balaban J connectivity index is 2.10. The minimum absolute atomic E-state index is 0.0984. The monoisotopic (exact) mass is 418 g/mol. The lowest BCUT2D eigenvalue weighted by atomic mass is 10.1. The van der Waals surface area contributed by atoms with Crippen LogP contribution in [-0.4, -0.2) is 49.8 Å². The highest BCUT2D eigenvalue weighted by Gasteiger charge is 2.26. The van der Waals surface area contributed by atoms with Gasteiger partial charge in [-0.25, -0.2) is 9.59 Å². The van der Waals surface area contributed by atoms with Crippen molar-refractivity contribution in [3.63, 3.8) is 0 Å². The molecule has 0 fully saturated rings. The summed E-state index contributed by atoms with van der Waals surface area (Å²) in [5.41, 5.74) is 1.73. The number of esters is 2. The number of amides is 1. The number of hydrogen-bond donors (Lipinski definition) is 2. The number of benzene rings is 1. The standard InChI is InChI=1S/C21H26N2O7/c1-7-29-20(25)17-11(2)18(22-12(17)3)21(26)30-13(4)19(24)23-14-8-9-15(27-5)16(10-14)28-6/h8-10,13,22H,7H2,1-6H3,(H,23,24)/t13-/m0/s1. The molecule has 9 nitrogen and oxygen atoms in total.